The molecule has 5 nitrogen and oxygen atoms in total. The number of hydrogen-bond donors (Lipinski definition) is 0. The quantitative estimate of drug-likeness (QED) is 0.644. The maximum absolute atomic E-state index is 11.9. The zero-order chi connectivity index (χ0) is 14.0. The Labute approximate surface area is 120 Å². The molecule has 2 aromatic heterocycles. The van der Waals surface area contributed by atoms with Gasteiger partial charge >= 0.3 is 0 Å². The van der Waals surface area contributed by atoms with Crippen LogP contribution in [0.15, 0.2) is 18.5 Å². The Kier molecular flexibility index (Phi) is 4.07. The van der Waals surface area contributed by atoms with Gasteiger partial charge in [-0.2, -0.15) is 10.2 Å². The Morgan fingerprint density at radius 1 is 1.32 bits per heavy atom. The van der Waals surface area contributed by atoms with Gasteiger partial charge in [0.15, 0.2) is 5.69 Å². The van der Waals surface area contributed by atoms with Crippen LogP contribution in [0.2, 0.25) is 10.0 Å². The van der Waals surface area contributed by atoms with Crippen molar-refractivity contribution in [2.75, 3.05) is 0 Å². The van der Waals surface area contributed by atoms with Crippen molar-refractivity contribution < 1.29 is 4.79 Å². The summed E-state index contributed by atoms with van der Waals surface area (Å²) in [6.07, 6.45) is 6.20. The minimum absolute atomic E-state index is 0.214. The lowest BCUT2D eigenvalue weighted by Gasteiger charge is -1.91. The third kappa shape index (κ3) is 3.05. The Morgan fingerprint density at radius 3 is 2.58 bits per heavy atom. The highest BCUT2D eigenvalue weighted by atomic mass is 35.5. The number of rotatable bonds is 4. The van der Waals surface area contributed by atoms with E-state index < -0.39 is 0 Å². The van der Waals surface area contributed by atoms with E-state index in [1.807, 2.05) is 6.92 Å². The highest BCUT2D eigenvalue weighted by molar-refractivity contribution is 6.34. The van der Waals surface area contributed by atoms with Crippen LogP contribution < -0.4 is 0 Å². The first-order chi connectivity index (χ1) is 9.01. The molecule has 2 aromatic rings. The minimum Gasteiger partial charge on any atom is -0.287 e. The Morgan fingerprint density at radius 2 is 2.05 bits per heavy atom. The lowest BCUT2D eigenvalue weighted by atomic mass is 10.2. The maximum Gasteiger partial charge on any atom is 0.207 e. The monoisotopic (exact) mass is 298 g/mol. The van der Waals surface area contributed by atoms with Gasteiger partial charge in [0.1, 0.15) is 5.69 Å². The third-order valence-electron chi connectivity index (χ3n) is 2.48. The van der Waals surface area contributed by atoms with E-state index in [1.54, 1.807) is 30.2 Å². The number of allylic oxidation sites excluding steroid dienone is 1. The molecule has 0 fully saturated rings. The summed E-state index contributed by atoms with van der Waals surface area (Å²) >= 11 is 11.9. The van der Waals surface area contributed by atoms with E-state index in [2.05, 4.69) is 10.2 Å². The van der Waals surface area contributed by atoms with Crippen molar-refractivity contribution in [2.24, 2.45) is 7.05 Å². The van der Waals surface area contributed by atoms with E-state index in [0.717, 1.165) is 0 Å². The lowest BCUT2D eigenvalue weighted by molar-refractivity contribution is 0.104. The Balaban J connectivity index is 2.20. The Hall–Kier alpha value is -1.59. The fourth-order valence-corrected chi connectivity index (χ4v) is 2.03. The fourth-order valence-electron chi connectivity index (χ4n) is 1.55. The van der Waals surface area contributed by atoms with Gasteiger partial charge in [-0.1, -0.05) is 23.2 Å². The zero-order valence-electron chi connectivity index (χ0n) is 10.5. The number of ketones is 1. The molecule has 0 aliphatic rings. The van der Waals surface area contributed by atoms with Crippen molar-refractivity contribution in [1.29, 1.82) is 0 Å². The van der Waals surface area contributed by atoms with Crippen LogP contribution in [0.25, 0.3) is 6.08 Å². The summed E-state index contributed by atoms with van der Waals surface area (Å²) in [5.74, 6) is -0.285. The molecule has 0 bridgehead atoms. The van der Waals surface area contributed by atoms with Crippen LogP contribution in [0.1, 0.15) is 23.1 Å². The van der Waals surface area contributed by atoms with Crippen molar-refractivity contribution in [3.63, 3.8) is 0 Å². The number of aromatic nitrogens is 4. The molecule has 0 radical (unpaired) electrons. The molecule has 2 heterocycles. The van der Waals surface area contributed by atoms with Crippen LogP contribution in [-0.4, -0.2) is 25.3 Å². The first-order valence-corrected chi connectivity index (χ1v) is 6.41. The van der Waals surface area contributed by atoms with E-state index in [0.29, 0.717) is 22.3 Å². The lowest BCUT2D eigenvalue weighted by Crippen LogP contribution is -1.98. The molecule has 0 amide bonds. The minimum atomic E-state index is -0.285. The summed E-state index contributed by atoms with van der Waals surface area (Å²) in [5.41, 5.74) is 0.760. The van der Waals surface area contributed by atoms with Gasteiger partial charge in [0.2, 0.25) is 5.78 Å². The highest BCUT2D eigenvalue weighted by Gasteiger charge is 2.12. The predicted octanol–water partition coefficient (Wildman–Crippen LogP) is 2.84. The predicted molar refractivity (Wildman–Crippen MR) is 74.5 cm³/mol. The second kappa shape index (κ2) is 5.59. The number of nitrogens with zero attached hydrogens (tertiary/aromatic N) is 4. The number of halogens is 2. The van der Waals surface area contributed by atoms with Crippen molar-refractivity contribution in [3.8, 4) is 0 Å². The molecule has 19 heavy (non-hydrogen) atoms. The van der Waals surface area contributed by atoms with Gasteiger partial charge in [0, 0.05) is 26.0 Å². The second-order valence-electron chi connectivity index (χ2n) is 3.91. The normalized spacial score (nSPS) is 11.4. The summed E-state index contributed by atoms with van der Waals surface area (Å²) in [4.78, 5) is 11.9. The SMILES string of the molecule is CCn1cc(Cl)c(/C=C/C(=O)c2nn(C)cc2Cl)n1. The van der Waals surface area contributed by atoms with Crippen LogP contribution in [0.5, 0.6) is 0 Å². The Bertz CT molecular complexity index is 642. The van der Waals surface area contributed by atoms with Gasteiger partial charge in [-0.05, 0) is 19.1 Å². The van der Waals surface area contributed by atoms with Gasteiger partial charge in [-0.15, -0.1) is 0 Å². The standard InChI is InChI=1S/C12H12Cl2N4O/c1-3-18-7-8(13)10(15-18)4-5-11(19)12-9(14)6-17(2)16-12/h4-7H,3H2,1-2H3/b5-4+. The zero-order valence-corrected chi connectivity index (χ0v) is 12.0. The highest BCUT2D eigenvalue weighted by Crippen LogP contribution is 2.17. The van der Waals surface area contributed by atoms with Crippen LogP contribution in [0.4, 0.5) is 0 Å². The van der Waals surface area contributed by atoms with Gasteiger partial charge in [0.25, 0.3) is 0 Å². The van der Waals surface area contributed by atoms with Gasteiger partial charge in [-0.3, -0.25) is 14.2 Å². The molecule has 0 unspecified atom stereocenters. The van der Waals surface area contributed by atoms with E-state index in [9.17, 15) is 4.79 Å². The molecular formula is C12H12Cl2N4O. The van der Waals surface area contributed by atoms with Gasteiger partial charge < -0.3 is 0 Å². The molecule has 0 spiro atoms. The summed E-state index contributed by atoms with van der Waals surface area (Å²) in [5, 5.41) is 9.02. The average molecular weight is 299 g/mol. The van der Waals surface area contributed by atoms with E-state index in [4.69, 9.17) is 23.2 Å². The summed E-state index contributed by atoms with van der Waals surface area (Å²) in [7, 11) is 1.70. The van der Waals surface area contributed by atoms with E-state index in [1.165, 1.54) is 10.8 Å². The smallest absolute Gasteiger partial charge is 0.207 e. The van der Waals surface area contributed by atoms with Crippen molar-refractivity contribution in [3.05, 3.63) is 39.9 Å². The van der Waals surface area contributed by atoms with Crippen molar-refractivity contribution in [2.45, 2.75) is 13.5 Å². The molecule has 0 aliphatic heterocycles. The van der Waals surface area contributed by atoms with E-state index in [-0.39, 0.29) is 11.5 Å². The molecule has 100 valence electrons. The number of carbonyl (C=O) groups is 1. The van der Waals surface area contributed by atoms with Crippen molar-refractivity contribution in [1.82, 2.24) is 19.6 Å². The maximum atomic E-state index is 11.9. The molecule has 2 rings (SSSR count). The topological polar surface area (TPSA) is 52.7 Å². The van der Waals surface area contributed by atoms with Crippen molar-refractivity contribution >= 4 is 35.1 Å². The molecule has 0 atom stereocenters. The van der Waals surface area contributed by atoms with Crippen LogP contribution in [0, 0.1) is 0 Å². The number of hydrogen-bond acceptors (Lipinski definition) is 3. The molecule has 0 N–H and O–H groups in total. The molecule has 0 aromatic carbocycles. The number of aryl methyl sites for hydroxylation is 2. The average Bonchev–Trinajstić information content (AvgIpc) is 2.89. The molecule has 7 heteroatoms. The van der Waals surface area contributed by atoms with Crippen LogP contribution in [0.3, 0.4) is 0 Å². The van der Waals surface area contributed by atoms with Gasteiger partial charge in [0.05, 0.1) is 10.0 Å². The number of carbonyl (C=O) groups excluding carboxylic acids is 1. The largest absolute Gasteiger partial charge is 0.287 e. The summed E-state index contributed by atoms with van der Waals surface area (Å²) in [6.45, 7) is 2.67. The van der Waals surface area contributed by atoms with Crippen LogP contribution >= 0.6 is 23.2 Å². The molecule has 0 saturated heterocycles. The van der Waals surface area contributed by atoms with Crippen LogP contribution in [-0.2, 0) is 13.6 Å². The molecule has 0 saturated carbocycles. The second-order valence-corrected chi connectivity index (χ2v) is 4.73. The first-order valence-electron chi connectivity index (χ1n) is 5.65. The van der Waals surface area contributed by atoms with Gasteiger partial charge in [-0.25, -0.2) is 0 Å². The first kappa shape index (κ1) is 13.8. The molecule has 0 aliphatic carbocycles. The molecular weight excluding hydrogens is 287 g/mol. The fraction of sp³-hybridized carbons (Fsp3) is 0.250. The van der Waals surface area contributed by atoms with E-state index >= 15 is 0 Å². The third-order valence-corrected chi connectivity index (χ3v) is 3.05. The summed E-state index contributed by atoms with van der Waals surface area (Å²) < 4.78 is 3.18. The summed E-state index contributed by atoms with van der Waals surface area (Å²) in [6, 6.07) is 0.